The standard InChI is InChI=1S/C7H13ClO2/c1-7(2,5-8)4-6(9)10-3/h4-5H2,1-3H3. The second kappa shape index (κ2) is 3.81. The van der Waals surface area contributed by atoms with E-state index in [0.29, 0.717) is 12.3 Å². The average molecular weight is 165 g/mol. The molecule has 0 radical (unpaired) electrons. The monoisotopic (exact) mass is 164 g/mol. The molecule has 0 amide bonds. The van der Waals surface area contributed by atoms with Gasteiger partial charge in [0.25, 0.3) is 0 Å². The number of hydrogen-bond donors (Lipinski definition) is 0. The van der Waals surface area contributed by atoms with Gasteiger partial charge in [-0.15, -0.1) is 11.6 Å². The van der Waals surface area contributed by atoms with Crippen LogP contribution in [0.5, 0.6) is 0 Å². The normalized spacial score (nSPS) is 11.2. The van der Waals surface area contributed by atoms with E-state index in [1.807, 2.05) is 13.8 Å². The van der Waals surface area contributed by atoms with Crippen molar-refractivity contribution in [3.63, 3.8) is 0 Å². The minimum atomic E-state index is -0.203. The quantitative estimate of drug-likeness (QED) is 0.470. The van der Waals surface area contributed by atoms with Crippen LogP contribution in [0.25, 0.3) is 0 Å². The lowest BCUT2D eigenvalue weighted by molar-refractivity contribution is -0.142. The third-order valence-corrected chi connectivity index (χ3v) is 1.94. The van der Waals surface area contributed by atoms with E-state index in [-0.39, 0.29) is 11.4 Å². The van der Waals surface area contributed by atoms with Gasteiger partial charge in [0.05, 0.1) is 13.5 Å². The maximum absolute atomic E-state index is 10.7. The Balaban J connectivity index is 3.76. The van der Waals surface area contributed by atoms with Crippen LogP contribution < -0.4 is 0 Å². The average Bonchev–Trinajstić information content (AvgIpc) is 1.87. The molecule has 0 aromatic rings. The van der Waals surface area contributed by atoms with E-state index < -0.39 is 0 Å². The first kappa shape index (κ1) is 9.76. The molecule has 0 bridgehead atoms. The third kappa shape index (κ3) is 3.72. The molecule has 0 saturated carbocycles. The molecule has 0 heterocycles. The molecule has 60 valence electrons. The molecule has 0 aliphatic carbocycles. The van der Waals surface area contributed by atoms with Crippen LogP contribution in [0, 0.1) is 5.41 Å². The molecule has 0 fully saturated rings. The second-order valence-electron chi connectivity index (χ2n) is 3.05. The highest BCUT2D eigenvalue weighted by molar-refractivity contribution is 6.18. The molecular formula is C7H13ClO2. The number of methoxy groups -OCH3 is 1. The summed E-state index contributed by atoms with van der Waals surface area (Å²) >= 11 is 5.59. The van der Waals surface area contributed by atoms with Gasteiger partial charge in [-0.25, -0.2) is 0 Å². The molecule has 0 atom stereocenters. The van der Waals surface area contributed by atoms with Gasteiger partial charge in [-0.1, -0.05) is 13.8 Å². The predicted octanol–water partition coefficient (Wildman–Crippen LogP) is 1.81. The number of alkyl halides is 1. The van der Waals surface area contributed by atoms with Gasteiger partial charge in [-0.3, -0.25) is 4.79 Å². The molecule has 10 heavy (non-hydrogen) atoms. The molecular weight excluding hydrogens is 152 g/mol. The summed E-state index contributed by atoms with van der Waals surface area (Å²) in [5.74, 6) is 0.271. The Morgan fingerprint density at radius 2 is 2.10 bits per heavy atom. The van der Waals surface area contributed by atoms with Crippen molar-refractivity contribution in [2.45, 2.75) is 20.3 Å². The van der Waals surface area contributed by atoms with Crippen molar-refractivity contribution in [1.29, 1.82) is 0 Å². The Bertz CT molecular complexity index is 121. The van der Waals surface area contributed by atoms with Gasteiger partial charge in [0.15, 0.2) is 0 Å². The first-order valence-electron chi connectivity index (χ1n) is 3.14. The van der Waals surface area contributed by atoms with Crippen LogP contribution in [-0.4, -0.2) is 19.0 Å². The maximum Gasteiger partial charge on any atom is 0.306 e. The van der Waals surface area contributed by atoms with Crippen LogP contribution in [0.4, 0.5) is 0 Å². The molecule has 0 aromatic carbocycles. The van der Waals surface area contributed by atoms with Crippen LogP contribution in [0.2, 0.25) is 0 Å². The van der Waals surface area contributed by atoms with Gasteiger partial charge in [-0.2, -0.15) is 0 Å². The summed E-state index contributed by atoms with van der Waals surface area (Å²) in [6, 6.07) is 0. The zero-order valence-corrected chi connectivity index (χ0v) is 7.36. The molecule has 0 spiro atoms. The molecule has 0 N–H and O–H groups in total. The number of carbonyl (C=O) groups is 1. The SMILES string of the molecule is COC(=O)CC(C)(C)CCl. The van der Waals surface area contributed by atoms with Crippen LogP contribution >= 0.6 is 11.6 Å². The first-order chi connectivity index (χ1) is 4.52. The molecule has 0 aromatic heterocycles. The van der Waals surface area contributed by atoms with Crippen LogP contribution in [0.1, 0.15) is 20.3 Å². The Morgan fingerprint density at radius 1 is 1.60 bits per heavy atom. The van der Waals surface area contributed by atoms with Crippen molar-refractivity contribution in [2.75, 3.05) is 13.0 Å². The van der Waals surface area contributed by atoms with Gasteiger partial charge in [-0.05, 0) is 5.41 Å². The van der Waals surface area contributed by atoms with E-state index in [2.05, 4.69) is 4.74 Å². The number of esters is 1. The molecule has 0 unspecified atom stereocenters. The highest BCUT2D eigenvalue weighted by Crippen LogP contribution is 2.21. The fraction of sp³-hybridized carbons (Fsp3) is 0.857. The van der Waals surface area contributed by atoms with E-state index in [0.717, 1.165) is 0 Å². The first-order valence-corrected chi connectivity index (χ1v) is 3.68. The lowest BCUT2D eigenvalue weighted by atomic mass is 9.92. The number of carbonyl (C=O) groups excluding carboxylic acids is 1. The molecule has 2 nitrogen and oxygen atoms in total. The number of hydrogen-bond acceptors (Lipinski definition) is 2. The van der Waals surface area contributed by atoms with Crippen LogP contribution in [-0.2, 0) is 9.53 Å². The lowest BCUT2D eigenvalue weighted by Gasteiger charge is -2.18. The molecule has 0 aliphatic rings. The number of ether oxygens (including phenoxy) is 1. The van der Waals surface area contributed by atoms with Crippen molar-refractivity contribution in [3.05, 3.63) is 0 Å². The zero-order chi connectivity index (χ0) is 8.20. The van der Waals surface area contributed by atoms with Crippen molar-refractivity contribution in [2.24, 2.45) is 5.41 Å². The van der Waals surface area contributed by atoms with Crippen LogP contribution in [0.3, 0.4) is 0 Å². The van der Waals surface area contributed by atoms with E-state index in [1.165, 1.54) is 7.11 Å². The van der Waals surface area contributed by atoms with Crippen molar-refractivity contribution in [3.8, 4) is 0 Å². The van der Waals surface area contributed by atoms with Crippen molar-refractivity contribution in [1.82, 2.24) is 0 Å². The summed E-state index contributed by atoms with van der Waals surface area (Å²) in [4.78, 5) is 10.7. The third-order valence-electron chi connectivity index (χ3n) is 1.21. The summed E-state index contributed by atoms with van der Waals surface area (Å²) in [5.41, 5.74) is -0.144. The summed E-state index contributed by atoms with van der Waals surface area (Å²) < 4.78 is 4.49. The highest BCUT2D eigenvalue weighted by Gasteiger charge is 2.20. The van der Waals surface area contributed by atoms with E-state index in [9.17, 15) is 4.79 Å². The Kier molecular flexibility index (Phi) is 3.72. The van der Waals surface area contributed by atoms with Crippen molar-refractivity contribution >= 4 is 17.6 Å². The Labute approximate surface area is 66.5 Å². The largest absolute Gasteiger partial charge is 0.469 e. The fourth-order valence-corrected chi connectivity index (χ4v) is 0.605. The van der Waals surface area contributed by atoms with E-state index >= 15 is 0 Å². The van der Waals surface area contributed by atoms with Gasteiger partial charge < -0.3 is 4.74 Å². The minimum Gasteiger partial charge on any atom is -0.469 e. The van der Waals surface area contributed by atoms with Gasteiger partial charge in [0.2, 0.25) is 0 Å². The van der Waals surface area contributed by atoms with E-state index in [1.54, 1.807) is 0 Å². The second-order valence-corrected chi connectivity index (χ2v) is 3.32. The van der Waals surface area contributed by atoms with Crippen molar-refractivity contribution < 1.29 is 9.53 Å². The number of rotatable bonds is 3. The minimum absolute atomic E-state index is 0.144. The van der Waals surface area contributed by atoms with Gasteiger partial charge >= 0.3 is 5.97 Å². The highest BCUT2D eigenvalue weighted by atomic mass is 35.5. The van der Waals surface area contributed by atoms with Gasteiger partial charge in [0, 0.05) is 5.88 Å². The molecule has 0 aliphatic heterocycles. The predicted molar refractivity (Wildman–Crippen MR) is 41.1 cm³/mol. The lowest BCUT2D eigenvalue weighted by Crippen LogP contribution is -2.19. The van der Waals surface area contributed by atoms with Gasteiger partial charge in [0.1, 0.15) is 0 Å². The molecule has 0 saturated heterocycles. The zero-order valence-electron chi connectivity index (χ0n) is 6.61. The van der Waals surface area contributed by atoms with Crippen LogP contribution in [0.15, 0.2) is 0 Å². The molecule has 0 rings (SSSR count). The summed E-state index contributed by atoms with van der Waals surface area (Å²) in [6.07, 6.45) is 0.382. The maximum atomic E-state index is 10.7. The van der Waals surface area contributed by atoms with E-state index in [4.69, 9.17) is 11.6 Å². The number of halogens is 1. The smallest absolute Gasteiger partial charge is 0.306 e. The Morgan fingerprint density at radius 3 is 2.40 bits per heavy atom. The summed E-state index contributed by atoms with van der Waals surface area (Å²) in [6.45, 7) is 3.86. The topological polar surface area (TPSA) is 26.3 Å². The summed E-state index contributed by atoms with van der Waals surface area (Å²) in [5, 5.41) is 0. The fourth-order valence-electron chi connectivity index (χ4n) is 0.510. The summed E-state index contributed by atoms with van der Waals surface area (Å²) in [7, 11) is 1.38. The Hall–Kier alpha value is -0.240. The molecule has 3 heteroatoms.